The summed E-state index contributed by atoms with van der Waals surface area (Å²) in [6.07, 6.45) is 0.680. The second-order valence-corrected chi connectivity index (χ2v) is 8.28. The van der Waals surface area contributed by atoms with Crippen molar-refractivity contribution in [2.45, 2.75) is 40.2 Å². The molecule has 1 atom stereocenters. The number of rotatable bonds is 5. The predicted octanol–water partition coefficient (Wildman–Crippen LogP) is 1.53. The van der Waals surface area contributed by atoms with Crippen LogP contribution in [0.4, 0.5) is 4.79 Å². The molecule has 2 aliphatic heterocycles. The molecule has 1 fully saturated rings. The molecule has 0 spiro atoms. The first-order valence-electron chi connectivity index (χ1n) is 10.6. The summed E-state index contributed by atoms with van der Waals surface area (Å²) < 4.78 is 3.63. The van der Waals surface area contributed by atoms with Crippen molar-refractivity contribution < 1.29 is 19.0 Å². The normalized spacial score (nSPS) is 18.4. The van der Waals surface area contributed by atoms with Crippen LogP contribution in [0.25, 0.3) is 0 Å². The first kappa shape index (κ1) is 21.6. The number of carbonyl (C=O) groups excluding carboxylic acids is 3. The van der Waals surface area contributed by atoms with Crippen LogP contribution >= 0.6 is 0 Å². The molecule has 9 nitrogen and oxygen atoms in total. The molecule has 0 radical (unpaired) electrons. The van der Waals surface area contributed by atoms with Gasteiger partial charge in [-0.05, 0) is 33.3 Å². The summed E-state index contributed by atoms with van der Waals surface area (Å²) >= 11 is 0. The van der Waals surface area contributed by atoms with Gasteiger partial charge in [0.05, 0.1) is 18.8 Å². The lowest BCUT2D eigenvalue weighted by Gasteiger charge is -2.33. The molecule has 32 heavy (non-hydrogen) atoms. The van der Waals surface area contributed by atoms with E-state index in [1.807, 2.05) is 55.7 Å². The number of Topliss-reactive ketones (excluding diaryl/α,β-unsaturated/α-hetero) is 1. The molecule has 1 saturated heterocycles. The Kier molecular flexibility index (Phi) is 5.50. The number of amidine groups is 1. The summed E-state index contributed by atoms with van der Waals surface area (Å²) in [5.41, 5.74) is 3.97. The third kappa shape index (κ3) is 3.53. The van der Waals surface area contributed by atoms with Crippen LogP contribution in [0, 0.1) is 20.8 Å². The molecule has 0 aliphatic carbocycles. The molecule has 0 saturated carbocycles. The highest BCUT2D eigenvalue weighted by molar-refractivity contribution is 6.23. The second kappa shape index (κ2) is 8.14. The fraction of sp³-hybridized carbons (Fsp3) is 0.391. The van der Waals surface area contributed by atoms with Gasteiger partial charge in [-0.1, -0.05) is 35.3 Å². The monoisotopic (exact) mass is 435 g/mol. The summed E-state index contributed by atoms with van der Waals surface area (Å²) in [4.78, 5) is 45.1. The number of benzene rings is 1. The van der Waals surface area contributed by atoms with Crippen molar-refractivity contribution >= 4 is 29.5 Å². The minimum atomic E-state index is -0.792. The number of imide groups is 1. The Morgan fingerprint density at radius 2 is 1.81 bits per heavy atom. The van der Waals surface area contributed by atoms with E-state index in [1.54, 1.807) is 11.7 Å². The largest absolute Gasteiger partial charge is 0.421 e. The van der Waals surface area contributed by atoms with Crippen LogP contribution in [-0.4, -0.2) is 79.9 Å². The molecule has 1 unspecified atom stereocenters. The average Bonchev–Trinajstić information content (AvgIpc) is 3.27. The van der Waals surface area contributed by atoms with Crippen LogP contribution in [-0.2, 0) is 16.0 Å². The number of ketones is 1. The predicted molar refractivity (Wildman–Crippen MR) is 119 cm³/mol. The molecule has 3 amide bonds. The Balaban J connectivity index is 1.81. The van der Waals surface area contributed by atoms with Crippen LogP contribution in [0.1, 0.15) is 29.4 Å². The van der Waals surface area contributed by atoms with E-state index >= 15 is 0 Å². The van der Waals surface area contributed by atoms with Gasteiger partial charge >= 0.3 is 12.0 Å². The highest BCUT2D eigenvalue weighted by Crippen LogP contribution is 2.22. The van der Waals surface area contributed by atoms with Crippen molar-refractivity contribution in [1.82, 2.24) is 19.6 Å². The maximum Gasteiger partial charge on any atom is 0.421 e. The zero-order valence-electron chi connectivity index (χ0n) is 19.0. The van der Waals surface area contributed by atoms with Crippen LogP contribution in [0.15, 0.2) is 35.3 Å². The van der Waals surface area contributed by atoms with Gasteiger partial charge in [-0.2, -0.15) is 0 Å². The smallest absolute Gasteiger partial charge is 0.298 e. The summed E-state index contributed by atoms with van der Waals surface area (Å²) in [7, 11) is 1.58. The number of likely N-dealkylation sites (N-methyl/N-ethyl adjacent to an activating group) is 1. The Labute approximate surface area is 186 Å². The Morgan fingerprint density at radius 1 is 1.12 bits per heavy atom. The van der Waals surface area contributed by atoms with E-state index in [0.717, 1.165) is 27.4 Å². The first-order chi connectivity index (χ1) is 15.2. The lowest BCUT2D eigenvalue weighted by atomic mass is 10.1. The number of nitrogens with zero attached hydrogens (tertiary/aromatic N) is 6. The van der Waals surface area contributed by atoms with E-state index in [4.69, 9.17) is 4.99 Å². The maximum absolute atomic E-state index is 13.4. The van der Waals surface area contributed by atoms with Crippen molar-refractivity contribution in [3.8, 4) is 0 Å². The number of aryl methyl sites for hydroxylation is 1. The zero-order valence-corrected chi connectivity index (χ0v) is 19.0. The lowest BCUT2D eigenvalue weighted by molar-refractivity contribution is -0.537. The van der Waals surface area contributed by atoms with Gasteiger partial charge in [-0.25, -0.2) is 9.37 Å². The molecule has 0 bridgehead atoms. The molecular formula is C23H27N6O3+. The summed E-state index contributed by atoms with van der Waals surface area (Å²) in [5, 5.41) is 4.64. The minimum Gasteiger partial charge on any atom is -0.298 e. The standard InChI is InChI=1S/C23H27N6O3/c1-14(30)13-28-21(31)19-20(26(5)23(28)32)24-22(29-17(4)15(2)16(3)25-29)27(19)12-11-18-9-7-6-8-10-18/h6-10,19H,11-13H2,1-5H3/q+1. The Bertz CT molecular complexity index is 1180. The van der Waals surface area contributed by atoms with Crippen LogP contribution in [0.3, 0.4) is 0 Å². The highest BCUT2D eigenvalue weighted by Gasteiger charge is 2.53. The summed E-state index contributed by atoms with van der Waals surface area (Å²) in [5.74, 6) is 0.163. The van der Waals surface area contributed by atoms with E-state index in [9.17, 15) is 14.4 Å². The molecule has 3 heterocycles. The quantitative estimate of drug-likeness (QED) is 0.666. The van der Waals surface area contributed by atoms with Crippen LogP contribution < -0.4 is 0 Å². The van der Waals surface area contributed by atoms with Gasteiger partial charge in [0.2, 0.25) is 11.9 Å². The molecule has 166 valence electrons. The third-order valence-corrected chi connectivity index (χ3v) is 6.10. The molecule has 0 N–H and O–H groups in total. The van der Waals surface area contributed by atoms with Crippen LogP contribution in [0.5, 0.6) is 0 Å². The fourth-order valence-corrected chi connectivity index (χ4v) is 4.08. The van der Waals surface area contributed by atoms with Crippen molar-refractivity contribution in [2.24, 2.45) is 4.99 Å². The van der Waals surface area contributed by atoms with Gasteiger partial charge < -0.3 is 0 Å². The van der Waals surface area contributed by atoms with Crippen LogP contribution in [0.2, 0.25) is 0 Å². The minimum absolute atomic E-state index is 0.257. The van der Waals surface area contributed by atoms with E-state index in [0.29, 0.717) is 24.8 Å². The number of amides is 3. The molecule has 1 aromatic carbocycles. The van der Waals surface area contributed by atoms with Gasteiger partial charge in [0.1, 0.15) is 11.5 Å². The fourth-order valence-electron chi connectivity index (χ4n) is 4.08. The van der Waals surface area contributed by atoms with Crippen molar-refractivity contribution in [2.75, 3.05) is 20.1 Å². The van der Waals surface area contributed by atoms with Crippen molar-refractivity contribution in [1.29, 1.82) is 0 Å². The number of fused-ring (bicyclic) bond motifs is 1. The van der Waals surface area contributed by atoms with Gasteiger partial charge in [0.15, 0.2) is 0 Å². The highest BCUT2D eigenvalue weighted by atomic mass is 16.2. The van der Waals surface area contributed by atoms with E-state index in [-0.39, 0.29) is 12.3 Å². The van der Waals surface area contributed by atoms with E-state index in [2.05, 4.69) is 5.10 Å². The topological polar surface area (TPSA) is 90.9 Å². The third-order valence-electron chi connectivity index (χ3n) is 6.10. The second-order valence-electron chi connectivity index (χ2n) is 8.28. The van der Waals surface area contributed by atoms with Gasteiger partial charge in [-0.3, -0.25) is 19.4 Å². The SMILES string of the molecule is CC(=O)CN1C(=O)C2C(=NC(n3nc(C)c(C)c3C)=[N+]2CCc2ccccc2)N(C)C1=O. The van der Waals surface area contributed by atoms with Gasteiger partial charge in [0.25, 0.3) is 5.91 Å². The summed E-state index contributed by atoms with van der Waals surface area (Å²) in [6.45, 7) is 7.48. The average molecular weight is 436 g/mol. The van der Waals surface area contributed by atoms with Gasteiger partial charge in [0, 0.05) is 19.0 Å². The summed E-state index contributed by atoms with van der Waals surface area (Å²) in [6, 6.07) is 8.64. The van der Waals surface area contributed by atoms with Gasteiger partial charge in [-0.15, -0.1) is 9.78 Å². The molecular weight excluding hydrogens is 408 g/mol. The number of hydrogen-bond donors (Lipinski definition) is 0. The number of aliphatic imine (C=N–C) groups is 1. The van der Waals surface area contributed by atoms with Crippen molar-refractivity contribution in [3.63, 3.8) is 0 Å². The number of carbonyl (C=O) groups is 3. The number of urea groups is 1. The lowest BCUT2D eigenvalue weighted by Crippen LogP contribution is -2.63. The number of hydrogen-bond acceptors (Lipinski definition) is 5. The molecule has 9 heteroatoms. The Hall–Kier alpha value is -3.62. The molecule has 2 aliphatic rings. The zero-order chi connectivity index (χ0) is 23.2. The van der Waals surface area contributed by atoms with E-state index in [1.165, 1.54) is 11.8 Å². The molecule has 1 aromatic heterocycles. The number of aromatic nitrogens is 2. The first-order valence-corrected chi connectivity index (χ1v) is 10.6. The molecule has 2 aromatic rings. The Morgan fingerprint density at radius 3 is 2.41 bits per heavy atom. The van der Waals surface area contributed by atoms with Crippen molar-refractivity contribution in [3.05, 3.63) is 52.8 Å². The maximum atomic E-state index is 13.4. The molecule has 4 rings (SSSR count). The van der Waals surface area contributed by atoms with E-state index < -0.39 is 18.0 Å².